The molecule has 110 valence electrons. The van der Waals surface area contributed by atoms with Gasteiger partial charge in [-0.2, -0.15) is 5.10 Å². The number of H-pyrrole nitrogens is 1. The number of benzene rings is 1. The van der Waals surface area contributed by atoms with Gasteiger partial charge in [-0.1, -0.05) is 25.0 Å². The molecule has 0 radical (unpaired) electrons. The molecular weight excluding hydrogens is 285 g/mol. The fourth-order valence-corrected chi connectivity index (χ4v) is 4.09. The second kappa shape index (κ2) is 5.05. The van der Waals surface area contributed by atoms with E-state index >= 15 is 0 Å². The van der Waals surface area contributed by atoms with Crippen molar-refractivity contribution in [3.63, 3.8) is 0 Å². The Balaban J connectivity index is 1.62. The number of nitrogens with zero attached hydrogens (tertiary/aromatic N) is 2. The van der Waals surface area contributed by atoms with E-state index in [-0.39, 0.29) is 5.82 Å². The van der Waals surface area contributed by atoms with E-state index in [1.165, 1.54) is 37.8 Å². The van der Waals surface area contributed by atoms with Crippen molar-refractivity contribution >= 4 is 12.2 Å². The van der Waals surface area contributed by atoms with Crippen LogP contribution in [-0.4, -0.2) is 14.8 Å². The highest BCUT2D eigenvalue weighted by molar-refractivity contribution is 7.71. The van der Waals surface area contributed by atoms with Crippen molar-refractivity contribution < 1.29 is 4.39 Å². The first kappa shape index (κ1) is 13.2. The molecule has 1 aromatic heterocycles. The Bertz CT molecular complexity index is 691. The molecule has 2 unspecified atom stereocenters. The summed E-state index contributed by atoms with van der Waals surface area (Å²) < 4.78 is 15.8. The van der Waals surface area contributed by atoms with Crippen LogP contribution in [0, 0.1) is 22.4 Å². The van der Waals surface area contributed by atoms with Crippen LogP contribution in [0.5, 0.6) is 0 Å². The van der Waals surface area contributed by atoms with Gasteiger partial charge in [0, 0.05) is 5.92 Å². The topological polar surface area (TPSA) is 33.6 Å². The third-order valence-corrected chi connectivity index (χ3v) is 5.31. The van der Waals surface area contributed by atoms with Crippen molar-refractivity contribution in [2.45, 2.75) is 38.1 Å². The number of fused-ring (bicyclic) bond motifs is 1. The highest BCUT2D eigenvalue weighted by Crippen LogP contribution is 2.60. The maximum absolute atomic E-state index is 13.0. The Hall–Kier alpha value is -1.49. The minimum absolute atomic E-state index is 0.206. The van der Waals surface area contributed by atoms with E-state index in [1.54, 1.807) is 0 Å². The zero-order chi connectivity index (χ0) is 14.4. The highest BCUT2D eigenvalue weighted by Gasteiger charge is 2.53. The molecule has 2 aliphatic carbocycles. The summed E-state index contributed by atoms with van der Waals surface area (Å²) >= 11 is 5.38. The van der Waals surface area contributed by atoms with Gasteiger partial charge in [-0.05, 0) is 54.6 Å². The first-order valence-electron chi connectivity index (χ1n) is 7.63. The number of halogens is 1. The van der Waals surface area contributed by atoms with Gasteiger partial charge in [-0.15, -0.1) is 0 Å². The third-order valence-electron chi connectivity index (χ3n) is 5.00. The summed E-state index contributed by atoms with van der Waals surface area (Å²) in [6.45, 7) is 0.668. The molecule has 0 aliphatic heterocycles. The average Bonchev–Trinajstić information content (AvgIpc) is 3.12. The van der Waals surface area contributed by atoms with Crippen molar-refractivity contribution in [2.24, 2.45) is 11.8 Å². The molecule has 2 saturated carbocycles. The molecular formula is C16H18FN3S. The van der Waals surface area contributed by atoms with E-state index in [1.807, 2.05) is 12.1 Å². The van der Waals surface area contributed by atoms with Gasteiger partial charge in [0.2, 0.25) is 0 Å². The zero-order valence-corrected chi connectivity index (χ0v) is 12.6. The van der Waals surface area contributed by atoms with Gasteiger partial charge in [-0.25, -0.2) is 4.39 Å². The summed E-state index contributed by atoms with van der Waals surface area (Å²) in [6.07, 6.45) is 5.35. The Morgan fingerprint density at radius 2 is 1.86 bits per heavy atom. The van der Waals surface area contributed by atoms with Crippen LogP contribution >= 0.6 is 12.2 Å². The largest absolute Gasteiger partial charge is 0.299 e. The molecule has 0 saturated heterocycles. The molecule has 2 atom stereocenters. The molecule has 0 amide bonds. The van der Waals surface area contributed by atoms with Crippen LogP contribution in [0.25, 0.3) is 0 Å². The molecule has 2 aliphatic rings. The van der Waals surface area contributed by atoms with Crippen LogP contribution in [0.3, 0.4) is 0 Å². The van der Waals surface area contributed by atoms with Crippen LogP contribution < -0.4 is 0 Å². The first-order chi connectivity index (χ1) is 10.2. The lowest BCUT2D eigenvalue weighted by molar-refractivity contribution is 0.480. The van der Waals surface area contributed by atoms with Crippen LogP contribution in [0.4, 0.5) is 4.39 Å². The molecule has 3 nitrogen and oxygen atoms in total. The molecule has 0 bridgehead atoms. The Kier molecular flexibility index (Phi) is 3.17. The lowest BCUT2D eigenvalue weighted by Crippen LogP contribution is -2.05. The van der Waals surface area contributed by atoms with Crippen molar-refractivity contribution in [3.8, 4) is 0 Å². The van der Waals surface area contributed by atoms with Crippen molar-refractivity contribution in [2.75, 3.05) is 0 Å². The molecule has 0 spiro atoms. The maximum Gasteiger partial charge on any atom is 0.195 e. The monoisotopic (exact) mass is 303 g/mol. The fourth-order valence-electron chi connectivity index (χ4n) is 3.88. The van der Waals surface area contributed by atoms with Gasteiger partial charge in [0.05, 0.1) is 6.54 Å². The summed E-state index contributed by atoms with van der Waals surface area (Å²) in [7, 11) is 0. The molecule has 2 fully saturated rings. The number of aromatic amines is 1. The molecule has 1 heterocycles. The van der Waals surface area contributed by atoms with Crippen LogP contribution in [0.15, 0.2) is 24.3 Å². The standard InChI is InChI=1S/C16H18FN3S/c17-11-7-5-10(6-8-11)9-20-15(18-19-16(20)21)14-12-3-1-2-4-13(12)14/h5-8,12-14H,1-4,9H2,(H,19,21). The van der Waals surface area contributed by atoms with E-state index in [0.717, 1.165) is 23.2 Å². The number of rotatable bonds is 3. The summed E-state index contributed by atoms with van der Waals surface area (Å²) in [5.41, 5.74) is 1.05. The van der Waals surface area contributed by atoms with Crippen LogP contribution in [-0.2, 0) is 6.54 Å². The van der Waals surface area contributed by atoms with E-state index in [4.69, 9.17) is 12.2 Å². The average molecular weight is 303 g/mol. The van der Waals surface area contributed by atoms with E-state index in [9.17, 15) is 4.39 Å². The Morgan fingerprint density at radius 3 is 2.52 bits per heavy atom. The van der Waals surface area contributed by atoms with E-state index < -0.39 is 0 Å². The summed E-state index contributed by atoms with van der Waals surface area (Å²) in [6, 6.07) is 6.62. The van der Waals surface area contributed by atoms with E-state index in [0.29, 0.717) is 17.2 Å². The summed E-state index contributed by atoms with van der Waals surface area (Å²) in [4.78, 5) is 0. The second-order valence-corrected chi connectivity index (χ2v) is 6.62. The quantitative estimate of drug-likeness (QED) is 0.869. The first-order valence-corrected chi connectivity index (χ1v) is 8.04. The van der Waals surface area contributed by atoms with Crippen LogP contribution in [0.1, 0.15) is 43.0 Å². The minimum Gasteiger partial charge on any atom is -0.299 e. The van der Waals surface area contributed by atoms with Gasteiger partial charge in [0.25, 0.3) is 0 Å². The third kappa shape index (κ3) is 2.33. The lowest BCUT2D eigenvalue weighted by atomic mass is 10.0. The molecule has 2 aromatic rings. The maximum atomic E-state index is 13.0. The Morgan fingerprint density at radius 1 is 1.19 bits per heavy atom. The second-order valence-electron chi connectivity index (χ2n) is 6.24. The fraction of sp³-hybridized carbons (Fsp3) is 0.500. The zero-order valence-electron chi connectivity index (χ0n) is 11.8. The number of hydrogen-bond donors (Lipinski definition) is 1. The van der Waals surface area contributed by atoms with Gasteiger partial charge in [-0.3, -0.25) is 9.67 Å². The predicted octanol–water partition coefficient (Wildman–Crippen LogP) is 4.03. The molecule has 4 rings (SSSR count). The van der Waals surface area contributed by atoms with Crippen molar-refractivity contribution in [1.82, 2.24) is 14.8 Å². The summed E-state index contributed by atoms with van der Waals surface area (Å²) in [5.74, 6) is 3.07. The minimum atomic E-state index is -0.206. The van der Waals surface area contributed by atoms with Gasteiger partial charge >= 0.3 is 0 Å². The van der Waals surface area contributed by atoms with Crippen molar-refractivity contribution in [1.29, 1.82) is 0 Å². The Labute approximate surface area is 128 Å². The number of nitrogens with one attached hydrogen (secondary N) is 1. The molecule has 1 N–H and O–H groups in total. The number of hydrogen-bond acceptors (Lipinski definition) is 2. The molecule has 21 heavy (non-hydrogen) atoms. The van der Waals surface area contributed by atoms with Crippen molar-refractivity contribution in [3.05, 3.63) is 46.2 Å². The normalized spacial score (nSPS) is 27.4. The van der Waals surface area contributed by atoms with Gasteiger partial charge in [0.1, 0.15) is 11.6 Å². The SMILES string of the molecule is Fc1ccc(Cn2c(C3C4CCCCC43)n[nH]c2=S)cc1. The van der Waals surface area contributed by atoms with Crippen LogP contribution in [0.2, 0.25) is 0 Å². The highest BCUT2D eigenvalue weighted by atomic mass is 32.1. The van der Waals surface area contributed by atoms with Gasteiger partial charge < -0.3 is 0 Å². The molecule has 1 aromatic carbocycles. The lowest BCUT2D eigenvalue weighted by Gasteiger charge is -2.07. The van der Waals surface area contributed by atoms with E-state index in [2.05, 4.69) is 14.8 Å². The molecule has 5 heteroatoms. The number of aromatic nitrogens is 3. The smallest absolute Gasteiger partial charge is 0.195 e. The summed E-state index contributed by atoms with van der Waals surface area (Å²) in [5, 5.41) is 7.43. The van der Waals surface area contributed by atoms with Gasteiger partial charge in [0.15, 0.2) is 4.77 Å². The predicted molar refractivity (Wildman–Crippen MR) is 81.1 cm³/mol.